The van der Waals surface area contributed by atoms with Gasteiger partial charge in [-0.2, -0.15) is 0 Å². The van der Waals surface area contributed by atoms with Crippen LogP contribution in [-0.2, 0) is 6.54 Å². The Morgan fingerprint density at radius 3 is 2.81 bits per heavy atom. The Morgan fingerprint density at radius 1 is 1.31 bits per heavy atom. The summed E-state index contributed by atoms with van der Waals surface area (Å²) in [5.74, 6) is 0.783. The first-order chi connectivity index (χ1) is 7.70. The monoisotopic (exact) mass is 218 g/mol. The maximum absolute atomic E-state index is 5.77. The Kier molecular flexibility index (Phi) is 2.72. The standard InChI is InChI=1S/C10H14N6/c1-2-5-16-6-8(14-15-16)7-3-4-9(11)13-10(7)12/h3-4,6H,2,5H2,1H3,(H4,11,12,13). The normalized spacial score (nSPS) is 10.6. The van der Waals surface area contributed by atoms with Crippen molar-refractivity contribution >= 4 is 11.6 Å². The van der Waals surface area contributed by atoms with Crippen LogP contribution in [0.1, 0.15) is 13.3 Å². The summed E-state index contributed by atoms with van der Waals surface area (Å²) in [4.78, 5) is 3.98. The molecule has 4 N–H and O–H groups in total. The number of nitrogen functional groups attached to an aromatic ring is 2. The largest absolute Gasteiger partial charge is 0.384 e. The maximum Gasteiger partial charge on any atom is 0.135 e. The molecule has 0 aliphatic heterocycles. The van der Waals surface area contributed by atoms with Gasteiger partial charge in [0.2, 0.25) is 0 Å². The number of rotatable bonds is 3. The van der Waals surface area contributed by atoms with Crippen molar-refractivity contribution in [2.75, 3.05) is 11.5 Å². The second kappa shape index (κ2) is 4.18. The second-order valence-corrected chi connectivity index (χ2v) is 3.54. The Morgan fingerprint density at radius 2 is 2.12 bits per heavy atom. The van der Waals surface area contributed by atoms with Crippen molar-refractivity contribution in [1.29, 1.82) is 0 Å². The number of aromatic nitrogens is 4. The number of hydrogen-bond donors (Lipinski definition) is 2. The molecule has 0 saturated carbocycles. The van der Waals surface area contributed by atoms with Gasteiger partial charge in [-0.1, -0.05) is 12.1 Å². The molecule has 2 aromatic heterocycles. The van der Waals surface area contributed by atoms with Crippen molar-refractivity contribution in [3.8, 4) is 11.3 Å². The first-order valence-corrected chi connectivity index (χ1v) is 5.13. The molecule has 0 atom stereocenters. The van der Waals surface area contributed by atoms with Gasteiger partial charge < -0.3 is 11.5 Å². The van der Waals surface area contributed by atoms with Crippen LogP contribution >= 0.6 is 0 Å². The molecule has 2 heterocycles. The smallest absolute Gasteiger partial charge is 0.135 e. The summed E-state index contributed by atoms with van der Waals surface area (Å²) in [7, 11) is 0. The Hall–Kier alpha value is -2.11. The molecule has 0 fully saturated rings. The highest BCUT2D eigenvalue weighted by atomic mass is 15.4. The van der Waals surface area contributed by atoms with Crippen molar-refractivity contribution in [2.45, 2.75) is 19.9 Å². The number of hydrogen-bond acceptors (Lipinski definition) is 5. The topological polar surface area (TPSA) is 95.6 Å². The van der Waals surface area contributed by atoms with Crippen LogP contribution in [0, 0.1) is 0 Å². The van der Waals surface area contributed by atoms with Crippen molar-refractivity contribution in [2.24, 2.45) is 0 Å². The minimum Gasteiger partial charge on any atom is -0.384 e. The van der Waals surface area contributed by atoms with E-state index in [1.54, 1.807) is 16.8 Å². The molecule has 6 nitrogen and oxygen atoms in total. The van der Waals surface area contributed by atoms with Crippen LogP contribution in [0.15, 0.2) is 18.3 Å². The number of nitrogens with zero attached hydrogens (tertiary/aromatic N) is 4. The van der Waals surface area contributed by atoms with E-state index in [2.05, 4.69) is 22.2 Å². The number of anilines is 2. The lowest BCUT2D eigenvalue weighted by Gasteiger charge is -2.01. The van der Waals surface area contributed by atoms with Gasteiger partial charge in [-0.25, -0.2) is 4.98 Å². The predicted molar refractivity (Wildman–Crippen MR) is 62.4 cm³/mol. The van der Waals surface area contributed by atoms with E-state index in [1.165, 1.54) is 0 Å². The van der Waals surface area contributed by atoms with Gasteiger partial charge in [0.1, 0.15) is 17.3 Å². The molecule has 0 aliphatic rings. The van der Waals surface area contributed by atoms with E-state index >= 15 is 0 Å². The zero-order valence-corrected chi connectivity index (χ0v) is 9.09. The number of pyridine rings is 1. The molecule has 0 amide bonds. The lowest BCUT2D eigenvalue weighted by molar-refractivity contribution is 0.579. The van der Waals surface area contributed by atoms with Crippen molar-refractivity contribution in [1.82, 2.24) is 20.0 Å². The fourth-order valence-corrected chi connectivity index (χ4v) is 1.47. The highest BCUT2D eigenvalue weighted by Crippen LogP contribution is 2.22. The molecule has 2 rings (SSSR count). The van der Waals surface area contributed by atoms with E-state index < -0.39 is 0 Å². The fraction of sp³-hybridized carbons (Fsp3) is 0.300. The average Bonchev–Trinajstić information content (AvgIpc) is 2.67. The summed E-state index contributed by atoms with van der Waals surface area (Å²) in [6.45, 7) is 2.93. The zero-order chi connectivity index (χ0) is 11.5. The van der Waals surface area contributed by atoms with E-state index in [4.69, 9.17) is 11.5 Å². The summed E-state index contributed by atoms with van der Waals surface area (Å²) in [5, 5.41) is 8.05. The van der Waals surface area contributed by atoms with E-state index in [-0.39, 0.29) is 0 Å². The molecule has 16 heavy (non-hydrogen) atoms. The minimum absolute atomic E-state index is 0.378. The molecule has 0 radical (unpaired) electrons. The summed E-state index contributed by atoms with van der Waals surface area (Å²) in [6.07, 6.45) is 2.87. The lowest BCUT2D eigenvalue weighted by atomic mass is 10.2. The van der Waals surface area contributed by atoms with Crippen LogP contribution < -0.4 is 11.5 Å². The Bertz CT molecular complexity index is 490. The Labute approximate surface area is 93.3 Å². The molecule has 0 unspecified atom stereocenters. The van der Waals surface area contributed by atoms with Gasteiger partial charge in [0.15, 0.2) is 0 Å². The maximum atomic E-state index is 5.77. The third-order valence-corrected chi connectivity index (χ3v) is 2.21. The van der Waals surface area contributed by atoms with Gasteiger partial charge in [0.05, 0.1) is 6.20 Å². The zero-order valence-electron chi connectivity index (χ0n) is 9.09. The molecule has 0 bridgehead atoms. The van der Waals surface area contributed by atoms with E-state index in [0.29, 0.717) is 11.6 Å². The fourth-order valence-electron chi connectivity index (χ4n) is 1.47. The second-order valence-electron chi connectivity index (χ2n) is 3.54. The lowest BCUT2D eigenvalue weighted by Crippen LogP contribution is -1.98. The molecule has 0 aromatic carbocycles. The van der Waals surface area contributed by atoms with E-state index in [0.717, 1.165) is 24.2 Å². The van der Waals surface area contributed by atoms with Crippen LogP contribution in [-0.4, -0.2) is 20.0 Å². The van der Waals surface area contributed by atoms with Gasteiger partial charge in [-0.3, -0.25) is 4.68 Å². The third-order valence-electron chi connectivity index (χ3n) is 2.21. The van der Waals surface area contributed by atoms with Crippen molar-refractivity contribution in [3.63, 3.8) is 0 Å². The van der Waals surface area contributed by atoms with Crippen LogP contribution in [0.3, 0.4) is 0 Å². The molecule has 2 aromatic rings. The highest BCUT2D eigenvalue weighted by Gasteiger charge is 2.08. The van der Waals surface area contributed by atoms with Crippen LogP contribution in [0.5, 0.6) is 0 Å². The summed E-state index contributed by atoms with van der Waals surface area (Å²) in [5.41, 5.74) is 12.8. The van der Waals surface area contributed by atoms with E-state index in [9.17, 15) is 0 Å². The summed E-state index contributed by atoms with van der Waals surface area (Å²) < 4.78 is 1.78. The van der Waals surface area contributed by atoms with Gasteiger partial charge in [-0.05, 0) is 18.6 Å². The van der Waals surface area contributed by atoms with E-state index in [1.807, 2.05) is 6.20 Å². The van der Waals surface area contributed by atoms with Crippen molar-refractivity contribution in [3.05, 3.63) is 18.3 Å². The average molecular weight is 218 g/mol. The van der Waals surface area contributed by atoms with Gasteiger partial charge in [0, 0.05) is 12.1 Å². The molecule has 6 heteroatoms. The quantitative estimate of drug-likeness (QED) is 0.798. The molecule has 0 spiro atoms. The summed E-state index contributed by atoms with van der Waals surface area (Å²) in [6, 6.07) is 3.50. The molecular weight excluding hydrogens is 204 g/mol. The minimum atomic E-state index is 0.378. The molecule has 84 valence electrons. The highest BCUT2D eigenvalue weighted by molar-refractivity contribution is 5.71. The van der Waals surface area contributed by atoms with Crippen LogP contribution in [0.2, 0.25) is 0 Å². The van der Waals surface area contributed by atoms with Gasteiger partial charge in [-0.15, -0.1) is 5.10 Å². The van der Waals surface area contributed by atoms with Crippen molar-refractivity contribution < 1.29 is 0 Å². The predicted octanol–water partition coefficient (Wildman–Crippen LogP) is 0.914. The Balaban J connectivity index is 2.35. The first kappa shape index (κ1) is 10.4. The number of aryl methyl sites for hydroxylation is 1. The molecular formula is C10H14N6. The third kappa shape index (κ3) is 1.95. The van der Waals surface area contributed by atoms with Crippen LogP contribution in [0.4, 0.5) is 11.6 Å². The van der Waals surface area contributed by atoms with Crippen LogP contribution in [0.25, 0.3) is 11.3 Å². The SMILES string of the molecule is CCCn1cc(-c2ccc(N)nc2N)nn1. The summed E-state index contributed by atoms with van der Waals surface area (Å²) >= 11 is 0. The van der Waals surface area contributed by atoms with Gasteiger partial charge in [0.25, 0.3) is 0 Å². The number of nitrogens with two attached hydrogens (primary N) is 2. The van der Waals surface area contributed by atoms with Gasteiger partial charge >= 0.3 is 0 Å². The molecule has 0 aliphatic carbocycles. The molecule has 0 saturated heterocycles. The first-order valence-electron chi connectivity index (χ1n) is 5.13.